The summed E-state index contributed by atoms with van der Waals surface area (Å²) < 4.78 is 0. The highest BCUT2D eigenvalue weighted by atomic mass is 16.2. The van der Waals surface area contributed by atoms with Crippen LogP contribution < -0.4 is 5.32 Å². The number of nitrogens with one attached hydrogen (secondary N) is 1. The Labute approximate surface area is 141 Å². The molecule has 1 N–H and O–H groups in total. The molecule has 0 aliphatic carbocycles. The summed E-state index contributed by atoms with van der Waals surface area (Å²) in [5.41, 5.74) is 2.42. The Morgan fingerprint density at radius 1 is 1.08 bits per heavy atom. The monoisotopic (exact) mass is 323 g/mol. The molecule has 1 aromatic heterocycles. The summed E-state index contributed by atoms with van der Waals surface area (Å²) >= 11 is 0. The van der Waals surface area contributed by atoms with Crippen LogP contribution in [0, 0.1) is 0 Å². The molecule has 0 atom stereocenters. The first kappa shape index (κ1) is 16.2. The summed E-state index contributed by atoms with van der Waals surface area (Å²) in [6.07, 6.45) is 6.71. The van der Waals surface area contributed by atoms with Gasteiger partial charge in [-0.3, -0.25) is 14.6 Å². The van der Waals surface area contributed by atoms with Crippen molar-refractivity contribution in [3.05, 3.63) is 59.9 Å². The number of aromatic nitrogens is 1. The van der Waals surface area contributed by atoms with E-state index in [1.165, 1.54) is 0 Å². The molecule has 124 valence electrons. The van der Waals surface area contributed by atoms with Crippen molar-refractivity contribution in [1.29, 1.82) is 0 Å². The lowest BCUT2D eigenvalue weighted by molar-refractivity contribution is -0.116. The van der Waals surface area contributed by atoms with E-state index >= 15 is 0 Å². The number of hydrogen-bond acceptors (Lipinski definition) is 3. The van der Waals surface area contributed by atoms with E-state index in [0.717, 1.165) is 31.5 Å². The number of hydrogen-bond donors (Lipinski definition) is 1. The summed E-state index contributed by atoms with van der Waals surface area (Å²) in [5, 5.41) is 2.86. The molecule has 5 heteroatoms. The normalized spacial score (nSPS) is 13.8. The van der Waals surface area contributed by atoms with Crippen molar-refractivity contribution in [1.82, 2.24) is 9.88 Å². The van der Waals surface area contributed by atoms with E-state index in [1.54, 1.807) is 36.7 Å². The molecule has 0 saturated carbocycles. The lowest BCUT2D eigenvalue weighted by Gasteiger charge is -2.15. The number of likely N-dealkylation sites (tertiary alicyclic amines) is 1. The predicted octanol–water partition coefficient (Wildman–Crippen LogP) is 2.89. The Bertz CT molecular complexity index is 692. The number of aryl methyl sites for hydroxylation is 1. The third kappa shape index (κ3) is 4.19. The number of carbonyl (C=O) groups is 2. The molecule has 1 aliphatic heterocycles. The fourth-order valence-corrected chi connectivity index (χ4v) is 2.83. The van der Waals surface area contributed by atoms with Crippen molar-refractivity contribution >= 4 is 17.5 Å². The van der Waals surface area contributed by atoms with Crippen molar-refractivity contribution < 1.29 is 9.59 Å². The van der Waals surface area contributed by atoms with E-state index in [9.17, 15) is 9.59 Å². The van der Waals surface area contributed by atoms with Crippen molar-refractivity contribution in [2.24, 2.45) is 0 Å². The van der Waals surface area contributed by atoms with E-state index in [0.29, 0.717) is 24.1 Å². The van der Waals surface area contributed by atoms with Gasteiger partial charge in [0.25, 0.3) is 5.91 Å². The van der Waals surface area contributed by atoms with Crippen LogP contribution in [-0.4, -0.2) is 34.8 Å². The molecule has 0 spiro atoms. The molecule has 2 aromatic rings. The number of anilines is 1. The zero-order chi connectivity index (χ0) is 16.8. The van der Waals surface area contributed by atoms with Crippen molar-refractivity contribution in [3.8, 4) is 0 Å². The fraction of sp³-hybridized carbons (Fsp3) is 0.316. The van der Waals surface area contributed by atoms with Gasteiger partial charge in [-0.15, -0.1) is 0 Å². The van der Waals surface area contributed by atoms with Crippen LogP contribution in [0.25, 0.3) is 0 Å². The van der Waals surface area contributed by atoms with E-state index < -0.39 is 0 Å². The van der Waals surface area contributed by atoms with Crippen molar-refractivity contribution in [3.63, 3.8) is 0 Å². The topological polar surface area (TPSA) is 62.3 Å². The average molecular weight is 323 g/mol. The zero-order valence-corrected chi connectivity index (χ0v) is 13.6. The van der Waals surface area contributed by atoms with E-state index in [2.05, 4.69) is 10.3 Å². The second-order valence-electron chi connectivity index (χ2n) is 5.99. The molecular formula is C19H21N3O2. The number of rotatable bonds is 5. The fourth-order valence-electron chi connectivity index (χ4n) is 2.83. The molecule has 1 aliphatic rings. The summed E-state index contributed by atoms with van der Waals surface area (Å²) in [7, 11) is 0. The van der Waals surface area contributed by atoms with Crippen LogP contribution in [-0.2, 0) is 11.2 Å². The average Bonchev–Trinajstić information content (AvgIpc) is 3.16. The van der Waals surface area contributed by atoms with Gasteiger partial charge in [-0.05, 0) is 55.2 Å². The predicted molar refractivity (Wildman–Crippen MR) is 92.8 cm³/mol. The lowest BCUT2D eigenvalue weighted by atomic mass is 10.1. The third-order valence-corrected chi connectivity index (χ3v) is 4.17. The van der Waals surface area contributed by atoms with Gasteiger partial charge in [0.2, 0.25) is 5.91 Å². The Hall–Kier alpha value is -2.69. The molecular weight excluding hydrogens is 302 g/mol. The maximum atomic E-state index is 12.3. The minimum absolute atomic E-state index is 0.0440. The third-order valence-electron chi connectivity index (χ3n) is 4.17. The van der Waals surface area contributed by atoms with Crippen LogP contribution in [0.2, 0.25) is 0 Å². The van der Waals surface area contributed by atoms with Gasteiger partial charge >= 0.3 is 0 Å². The number of nitrogens with zero attached hydrogens (tertiary/aromatic N) is 2. The molecule has 0 unspecified atom stereocenters. The smallest absolute Gasteiger partial charge is 0.253 e. The first-order valence-electron chi connectivity index (χ1n) is 8.30. The molecule has 1 saturated heterocycles. The van der Waals surface area contributed by atoms with Gasteiger partial charge in [0.1, 0.15) is 0 Å². The summed E-state index contributed by atoms with van der Waals surface area (Å²) in [5.74, 6) is 0.0272. The molecule has 1 aromatic carbocycles. The molecule has 0 bridgehead atoms. The maximum absolute atomic E-state index is 12.3. The first-order valence-corrected chi connectivity index (χ1v) is 8.30. The van der Waals surface area contributed by atoms with Gasteiger partial charge in [-0.2, -0.15) is 0 Å². The molecule has 3 rings (SSSR count). The van der Waals surface area contributed by atoms with Crippen LogP contribution in [0.15, 0.2) is 48.8 Å². The molecule has 24 heavy (non-hydrogen) atoms. The van der Waals surface area contributed by atoms with E-state index in [-0.39, 0.29) is 11.8 Å². The van der Waals surface area contributed by atoms with E-state index in [1.807, 2.05) is 17.0 Å². The Kier molecular flexibility index (Phi) is 5.21. The zero-order valence-electron chi connectivity index (χ0n) is 13.6. The minimum Gasteiger partial charge on any atom is -0.339 e. The molecule has 1 fully saturated rings. The summed E-state index contributed by atoms with van der Waals surface area (Å²) in [4.78, 5) is 30.2. The van der Waals surface area contributed by atoms with Gasteiger partial charge in [0.15, 0.2) is 0 Å². The van der Waals surface area contributed by atoms with E-state index in [4.69, 9.17) is 0 Å². The highest BCUT2D eigenvalue weighted by molar-refractivity contribution is 5.96. The summed E-state index contributed by atoms with van der Waals surface area (Å²) in [6, 6.07) is 10.9. The number of pyridine rings is 1. The van der Waals surface area contributed by atoms with Crippen LogP contribution in [0.3, 0.4) is 0 Å². The molecule has 2 heterocycles. The van der Waals surface area contributed by atoms with Gasteiger partial charge < -0.3 is 10.2 Å². The van der Waals surface area contributed by atoms with Crippen LogP contribution >= 0.6 is 0 Å². The van der Waals surface area contributed by atoms with Crippen molar-refractivity contribution in [2.45, 2.75) is 25.7 Å². The van der Waals surface area contributed by atoms with Crippen LogP contribution in [0.1, 0.15) is 35.2 Å². The highest BCUT2D eigenvalue weighted by Crippen LogP contribution is 2.15. The standard InChI is InChI=1S/C19H21N3O2/c23-18(10-5-15-4-3-11-20-14-15)21-17-8-6-16(7-9-17)19(24)22-12-1-2-13-22/h3-4,6-9,11,14H,1-2,5,10,12-13H2,(H,21,23). The van der Waals surface area contributed by atoms with Crippen LogP contribution in [0.4, 0.5) is 5.69 Å². The van der Waals surface area contributed by atoms with Crippen molar-refractivity contribution in [2.75, 3.05) is 18.4 Å². The number of benzene rings is 1. The largest absolute Gasteiger partial charge is 0.339 e. The van der Waals surface area contributed by atoms with Gasteiger partial charge in [-0.1, -0.05) is 6.07 Å². The quantitative estimate of drug-likeness (QED) is 0.920. The SMILES string of the molecule is O=C(CCc1cccnc1)Nc1ccc(C(=O)N2CCCC2)cc1. The molecule has 0 radical (unpaired) electrons. The lowest BCUT2D eigenvalue weighted by Crippen LogP contribution is -2.27. The molecule has 2 amide bonds. The Morgan fingerprint density at radius 3 is 2.50 bits per heavy atom. The maximum Gasteiger partial charge on any atom is 0.253 e. The number of carbonyl (C=O) groups excluding carboxylic acids is 2. The Balaban J connectivity index is 1.52. The minimum atomic E-state index is -0.0440. The molecule has 5 nitrogen and oxygen atoms in total. The highest BCUT2D eigenvalue weighted by Gasteiger charge is 2.19. The second kappa shape index (κ2) is 7.73. The van der Waals surface area contributed by atoms with Gasteiger partial charge in [-0.25, -0.2) is 0 Å². The van der Waals surface area contributed by atoms with Gasteiger partial charge in [0.05, 0.1) is 0 Å². The summed E-state index contributed by atoms with van der Waals surface area (Å²) in [6.45, 7) is 1.68. The first-order chi connectivity index (χ1) is 11.7. The number of amides is 2. The van der Waals surface area contributed by atoms with Crippen LogP contribution in [0.5, 0.6) is 0 Å². The van der Waals surface area contributed by atoms with Gasteiger partial charge in [0, 0.05) is 43.2 Å². The Morgan fingerprint density at radius 2 is 1.83 bits per heavy atom. The second-order valence-corrected chi connectivity index (χ2v) is 5.99.